The monoisotopic (exact) mass is 398 g/mol. The van der Waals surface area contributed by atoms with Crippen LogP contribution in [0.25, 0.3) is 10.8 Å². The van der Waals surface area contributed by atoms with E-state index in [2.05, 4.69) is 67.3 Å². The van der Waals surface area contributed by atoms with Gasteiger partial charge in [-0.1, -0.05) is 54.6 Å². The third kappa shape index (κ3) is 5.14. The smallest absolute Gasteiger partial charge is 0.119 e. The van der Waals surface area contributed by atoms with Crippen LogP contribution in [0.15, 0.2) is 73.3 Å². The van der Waals surface area contributed by atoms with E-state index in [0.717, 1.165) is 30.4 Å². The molecule has 0 N–H and O–H groups in total. The first kappa shape index (κ1) is 20.7. The third-order valence-corrected chi connectivity index (χ3v) is 6.89. The van der Waals surface area contributed by atoms with Crippen molar-refractivity contribution in [3.63, 3.8) is 0 Å². The molecule has 0 amide bonds. The van der Waals surface area contributed by atoms with Gasteiger partial charge in [-0.2, -0.15) is 0 Å². The molecule has 0 atom stereocenters. The SMILES string of the molecule is C=CCCC1CCC(c2ccc(CCc3ccc4cc(OC)ccc4c3)cc2)CC1. The minimum absolute atomic E-state index is 0.761. The molecule has 3 aromatic carbocycles. The molecule has 0 unspecified atom stereocenters. The van der Waals surface area contributed by atoms with Crippen LogP contribution in [0.3, 0.4) is 0 Å². The van der Waals surface area contributed by atoms with Crippen LogP contribution in [0.4, 0.5) is 0 Å². The van der Waals surface area contributed by atoms with Crippen molar-refractivity contribution in [2.45, 2.75) is 57.3 Å². The molecule has 1 aliphatic rings. The molecule has 0 aromatic heterocycles. The van der Waals surface area contributed by atoms with Crippen molar-refractivity contribution in [3.8, 4) is 5.75 Å². The minimum Gasteiger partial charge on any atom is -0.497 e. The molecule has 0 aliphatic heterocycles. The lowest BCUT2D eigenvalue weighted by molar-refractivity contribution is 0.312. The third-order valence-electron chi connectivity index (χ3n) is 6.89. The van der Waals surface area contributed by atoms with Crippen LogP contribution in [0.5, 0.6) is 5.75 Å². The van der Waals surface area contributed by atoms with Crippen molar-refractivity contribution in [3.05, 3.63) is 90.0 Å². The molecule has 0 spiro atoms. The fourth-order valence-electron chi connectivity index (χ4n) is 4.94. The van der Waals surface area contributed by atoms with Crippen molar-refractivity contribution in [2.75, 3.05) is 7.11 Å². The fourth-order valence-corrected chi connectivity index (χ4v) is 4.94. The second-order valence-electron chi connectivity index (χ2n) is 8.87. The predicted molar refractivity (Wildman–Crippen MR) is 128 cm³/mol. The van der Waals surface area contributed by atoms with Gasteiger partial charge in [-0.3, -0.25) is 0 Å². The fraction of sp³-hybridized carbons (Fsp3) is 0.379. The summed E-state index contributed by atoms with van der Waals surface area (Å²) in [7, 11) is 1.72. The highest BCUT2D eigenvalue weighted by atomic mass is 16.5. The first-order valence-electron chi connectivity index (χ1n) is 11.5. The molecule has 0 saturated heterocycles. The summed E-state index contributed by atoms with van der Waals surface area (Å²) in [5, 5.41) is 2.52. The topological polar surface area (TPSA) is 9.23 Å². The van der Waals surface area contributed by atoms with E-state index in [1.165, 1.54) is 60.4 Å². The first-order valence-corrected chi connectivity index (χ1v) is 11.5. The normalized spacial score (nSPS) is 19.0. The van der Waals surface area contributed by atoms with Gasteiger partial charge in [-0.15, -0.1) is 6.58 Å². The maximum absolute atomic E-state index is 5.33. The van der Waals surface area contributed by atoms with Gasteiger partial charge in [0, 0.05) is 0 Å². The Morgan fingerprint density at radius 1 is 0.833 bits per heavy atom. The summed E-state index contributed by atoms with van der Waals surface area (Å²) in [4.78, 5) is 0. The molecular formula is C29H34O. The van der Waals surface area contributed by atoms with Crippen molar-refractivity contribution in [2.24, 2.45) is 5.92 Å². The Labute approximate surface area is 181 Å². The van der Waals surface area contributed by atoms with Gasteiger partial charge in [0.1, 0.15) is 5.75 Å². The van der Waals surface area contributed by atoms with Gasteiger partial charge in [0.2, 0.25) is 0 Å². The van der Waals surface area contributed by atoms with Gasteiger partial charge in [0.15, 0.2) is 0 Å². The highest BCUT2D eigenvalue weighted by Gasteiger charge is 2.21. The maximum Gasteiger partial charge on any atom is 0.119 e. The van der Waals surface area contributed by atoms with Crippen LogP contribution in [0.2, 0.25) is 0 Å². The molecule has 0 radical (unpaired) electrons. The van der Waals surface area contributed by atoms with Gasteiger partial charge in [-0.25, -0.2) is 0 Å². The number of benzene rings is 3. The zero-order chi connectivity index (χ0) is 20.8. The zero-order valence-corrected chi connectivity index (χ0v) is 18.3. The van der Waals surface area contributed by atoms with E-state index in [1.807, 2.05) is 6.07 Å². The Kier molecular flexibility index (Phi) is 6.89. The van der Waals surface area contributed by atoms with Crippen LogP contribution in [0, 0.1) is 5.92 Å². The molecule has 0 bridgehead atoms. The molecule has 30 heavy (non-hydrogen) atoms. The minimum atomic E-state index is 0.761. The van der Waals surface area contributed by atoms with E-state index in [-0.39, 0.29) is 0 Å². The zero-order valence-electron chi connectivity index (χ0n) is 18.3. The number of fused-ring (bicyclic) bond motifs is 1. The summed E-state index contributed by atoms with van der Waals surface area (Å²) in [6.45, 7) is 3.87. The van der Waals surface area contributed by atoms with E-state index < -0.39 is 0 Å². The number of ether oxygens (including phenoxy) is 1. The van der Waals surface area contributed by atoms with E-state index in [1.54, 1.807) is 12.7 Å². The van der Waals surface area contributed by atoms with Gasteiger partial charge in [-0.05, 0) is 103 Å². The lowest BCUT2D eigenvalue weighted by Crippen LogP contribution is -2.13. The van der Waals surface area contributed by atoms with Gasteiger partial charge in [0.25, 0.3) is 0 Å². The predicted octanol–water partition coefficient (Wildman–Crippen LogP) is 7.87. The first-order chi connectivity index (χ1) is 14.7. The molecule has 1 saturated carbocycles. The highest BCUT2D eigenvalue weighted by Crippen LogP contribution is 2.37. The lowest BCUT2D eigenvalue weighted by atomic mass is 9.77. The summed E-state index contributed by atoms with van der Waals surface area (Å²) in [5.74, 6) is 2.60. The average Bonchev–Trinajstić information content (AvgIpc) is 2.81. The number of hydrogen-bond donors (Lipinski definition) is 0. The van der Waals surface area contributed by atoms with Gasteiger partial charge >= 0.3 is 0 Å². The largest absolute Gasteiger partial charge is 0.497 e. The molecule has 1 fully saturated rings. The van der Waals surface area contributed by atoms with Crippen LogP contribution in [0.1, 0.15) is 61.1 Å². The Morgan fingerprint density at radius 2 is 1.50 bits per heavy atom. The van der Waals surface area contributed by atoms with Crippen LogP contribution in [-0.4, -0.2) is 7.11 Å². The Morgan fingerprint density at radius 3 is 2.23 bits per heavy atom. The van der Waals surface area contributed by atoms with Gasteiger partial charge < -0.3 is 4.74 Å². The number of methoxy groups -OCH3 is 1. The summed E-state index contributed by atoms with van der Waals surface area (Å²) in [6, 6.07) is 22.5. The van der Waals surface area contributed by atoms with Gasteiger partial charge in [0.05, 0.1) is 7.11 Å². The number of hydrogen-bond acceptors (Lipinski definition) is 1. The van der Waals surface area contributed by atoms with E-state index in [4.69, 9.17) is 4.74 Å². The van der Waals surface area contributed by atoms with E-state index in [9.17, 15) is 0 Å². The quantitative estimate of drug-likeness (QED) is 0.351. The number of allylic oxidation sites excluding steroid dienone is 1. The van der Waals surface area contributed by atoms with E-state index in [0.29, 0.717) is 0 Å². The van der Waals surface area contributed by atoms with Crippen molar-refractivity contribution >= 4 is 10.8 Å². The summed E-state index contributed by atoms with van der Waals surface area (Å²) >= 11 is 0. The maximum atomic E-state index is 5.33. The van der Waals surface area contributed by atoms with Crippen molar-refractivity contribution in [1.29, 1.82) is 0 Å². The molecule has 0 heterocycles. The molecule has 1 heteroatoms. The standard InChI is InChI=1S/C29H34O/c1-3-4-5-22-8-13-25(14-9-22)26-15-10-23(11-16-26)6-7-24-12-17-28-21-29(30-2)19-18-27(28)20-24/h3,10-12,15-22,25H,1,4-9,13-14H2,2H3. The number of rotatable bonds is 8. The number of aryl methyl sites for hydroxylation is 2. The summed E-state index contributed by atoms with van der Waals surface area (Å²) in [6.07, 6.45) is 12.2. The molecule has 1 aliphatic carbocycles. The second-order valence-corrected chi connectivity index (χ2v) is 8.87. The van der Waals surface area contributed by atoms with Crippen molar-refractivity contribution in [1.82, 2.24) is 0 Å². The van der Waals surface area contributed by atoms with Crippen LogP contribution in [-0.2, 0) is 12.8 Å². The molecular weight excluding hydrogens is 364 g/mol. The van der Waals surface area contributed by atoms with Crippen LogP contribution >= 0.6 is 0 Å². The Bertz CT molecular complexity index is 961. The second kappa shape index (κ2) is 9.98. The lowest BCUT2D eigenvalue weighted by Gasteiger charge is -2.28. The van der Waals surface area contributed by atoms with Crippen molar-refractivity contribution < 1.29 is 4.74 Å². The molecule has 1 nitrogen and oxygen atoms in total. The average molecular weight is 399 g/mol. The molecule has 3 aromatic rings. The van der Waals surface area contributed by atoms with E-state index >= 15 is 0 Å². The molecule has 156 valence electrons. The highest BCUT2D eigenvalue weighted by molar-refractivity contribution is 5.84. The summed E-state index contributed by atoms with van der Waals surface area (Å²) in [5.41, 5.74) is 4.38. The summed E-state index contributed by atoms with van der Waals surface area (Å²) < 4.78 is 5.33. The molecule has 4 rings (SSSR count). The van der Waals surface area contributed by atoms with Crippen LogP contribution < -0.4 is 4.74 Å². The Balaban J connectivity index is 1.32. The Hall–Kier alpha value is -2.54.